The Morgan fingerprint density at radius 1 is 1.09 bits per heavy atom. The van der Waals surface area contributed by atoms with Crippen LogP contribution in [0.3, 0.4) is 0 Å². The average Bonchev–Trinajstić information content (AvgIpc) is 3.10. The van der Waals surface area contributed by atoms with Gasteiger partial charge in [-0.1, -0.05) is 51.1 Å². The third-order valence-electron chi connectivity index (χ3n) is 5.26. The lowest BCUT2D eigenvalue weighted by molar-refractivity contribution is 0.0600. The van der Waals surface area contributed by atoms with E-state index in [-0.39, 0.29) is 28.0 Å². The smallest absolute Gasteiger partial charge is 0.337 e. The van der Waals surface area contributed by atoms with Crippen LogP contribution in [0.4, 0.5) is 0 Å². The van der Waals surface area contributed by atoms with E-state index in [1.54, 1.807) is 36.9 Å². The molecule has 0 spiro atoms. The van der Waals surface area contributed by atoms with Crippen LogP contribution in [0.15, 0.2) is 53.6 Å². The molecule has 1 heterocycles. The maximum atomic E-state index is 12.5. The number of esters is 1. The highest BCUT2D eigenvalue weighted by molar-refractivity contribution is 6.03. The summed E-state index contributed by atoms with van der Waals surface area (Å²) in [6, 6.07) is 14.1. The van der Waals surface area contributed by atoms with E-state index >= 15 is 0 Å². The Morgan fingerprint density at radius 3 is 2.33 bits per heavy atom. The maximum absolute atomic E-state index is 12.5. The second-order valence-corrected chi connectivity index (χ2v) is 8.71. The first-order valence-corrected chi connectivity index (χ1v) is 10.4. The number of rotatable bonds is 5. The summed E-state index contributed by atoms with van der Waals surface area (Å²) in [5, 5.41) is 19.3. The van der Waals surface area contributed by atoms with Gasteiger partial charge in [0.2, 0.25) is 0 Å². The summed E-state index contributed by atoms with van der Waals surface area (Å²) in [5.74, 6) is -1.07. The molecule has 0 fully saturated rings. The SMILES string of the molecule is COC(=O)c1cccc(C(=O)N/N=C(\C)c2nn(C)c(-c3ccc(C(C)(C)C)cc3)c2O)c1. The molecule has 0 unspecified atom stereocenters. The molecule has 172 valence electrons. The van der Waals surface area contributed by atoms with E-state index in [9.17, 15) is 14.7 Å². The first-order chi connectivity index (χ1) is 15.5. The average molecular weight is 449 g/mol. The molecule has 0 bridgehead atoms. The van der Waals surface area contributed by atoms with Crippen molar-refractivity contribution < 1.29 is 19.4 Å². The van der Waals surface area contributed by atoms with Gasteiger partial charge < -0.3 is 9.84 Å². The lowest BCUT2D eigenvalue weighted by Gasteiger charge is -2.19. The minimum Gasteiger partial charge on any atom is -0.504 e. The van der Waals surface area contributed by atoms with Gasteiger partial charge in [-0.3, -0.25) is 9.48 Å². The van der Waals surface area contributed by atoms with Gasteiger partial charge in [0.05, 0.1) is 18.4 Å². The molecule has 0 saturated heterocycles. The van der Waals surface area contributed by atoms with E-state index < -0.39 is 11.9 Å². The van der Waals surface area contributed by atoms with Crippen molar-refractivity contribution in [2.75, 3.05) is 7.11 Å². The van der Waals surface area contributed by atoms with Crippen LogP contribution >= 0.6 is 0 Å². The van der Waals surface area contributed by atoms with E-state index in [0.29, 0.717) is 11.4 Å². The third kappa shape index (κ3) is 5.11. The van der Waals surface area contributed by atoms with Gasteiger partial charge >= 0.3 is 5.97 Å². The highest BCUT2D eigenvalue weighted by Gasteiger charge is 2.20. The van der Waals surface area contributed by atoms with Crippen molar-refractivity contribution in [3.05, 3.63) is 70.9 Å². The number of hydrogen-bond acceptors (Lipinski definition) is 6. The molecule has 8 heteroatoms. The number of hydrogen-bond donors (Lipinski definition) is 2. The second-order valence-electron chi connectivity index (χ2n) is 8.71. The van der Waals surface area contributed by atoms with Gasteiger partial charge in [0, 0.05) is 18.2 Å². The molecule has 33 heavy (non-hydrogen) atoms. The summed E-state index contributed by atoms with van der Waals surface area (Å²) in [5.41, 5.74) is 6.12. The number of nitrogens with one attached hydrogen (secondary N) is 1. The standard InChI is InChI=1S/C25H28N4O4/c1-15(26-27-23(31)17-8-7-9-18(14-17)24(32)33-6)20-22(30)21(29(5)28-20)16-10-12-19(13-11-16)25(2,3)4/h7-14,30H,1-6H3,(H,27,31)/b26-15+. The molecule has 0 saturated carbocycles. The molecule has 3 aromatic rings. The number of carbonyl (C=O) groups is 2. The maximum Gasteiger partial charge on any atom is 0.337 e. The fourth-order valence-electron chi connectivity index (χ4n) is 3.37. The van der Waals surface area contributed by atoms with Crippen LogP contribution in [-0.4, -0.2) is 39.6 Å². The molecule has 2 N–H and O–H groups in total. The predicted octanol–water partition coefficient (Wildman–Crippen LogP) is 4.03. The van der Waals surface area contributed by atoms with Crippen LogP contribution in [0, 0.1) is 0 Å². The van der Waals surface area contributed by atoms with E-state index in [1.807, 2.05) is 24.3 Å². The first-order valence-electron chi connectivity index (χ1n) is 10.4. The normalized spacial score (nSPS) is 11.9. The van der Waals surface area contributed by atoms with Crippen molar-refractivity contribution >= 4 is 17.6 Å². The topological polar surface area (TPSA) is 106 Å². The summed E-state index contributed by atoms with van der Waals surface area (Å²) in [4.78, 5) is 24.2. The first kappa shape index (κ1) is 23.7. The van der Waals surface area contributed by atoms with Crippen LogP contribution in [-0.2, 0) is 17.2 Å². The molecule has 1 aromatic heterocycles. The molecule has 0 aliphatic heterocycles. The van der Waals surface area contributed by atoms with Crippen molar-refractivity contribution in [3.8, 4) is 17.0 Å². The second kappa shape index (κ2) is 9.28. The zero-order valence-corrected chi connectivity index (χ0v) is 19.6. The van der Waals surface area contributed by atoms with E-state index in [2.05, 4.69) is 41.1 Å². The highest BCUT2D eigenvalue weighted by Crippen LogP contribution is 2.33. The Balaban J connectivity index is 1.83. The van der Waals surface area contributed by atoms with Gasteiger partial charge in [0.25, 0.3) is 5.91 Å². The molecule has 0 aliphatic rings. The number of ether oxygens (including phenoxy) is 1. The van der Waals surface area contributed by atoms with Gasteiger partial charge in [0.15, 0.2) is 11.4 Å². The van der Waals surface area contributed by atoms with Gasteiger partial charge in [-0.05, 0) is 36.1 Å². The molecular formula is C25H28N4O4. The predicted molar refractivity (Wildman–Crippen MR) is 126 cm³/mol. The van der Waals surface area contributed by atoms with Crippen molar-refractivity contribution in [1.82, 2.24) is 15.2 Å². The zero-order valence-electron chi connectivity index (χ0n) is 19.6. The van der Waals surface area contributed by atoms with Crippen LogP contribution < -0.4 is 5.43 Å². The Bertz CT molecular complexity index is 1220. The largest absolute Gasteiger partial charge is 0.504 e. The molecule has 2 aromatic carbocycles. The van der Waals surface area contributed by atoms with Crippen molar-refractivity contribution in [1.29, 1.82) is 0 Å². The Kier molecular flexibility index (Phi) is 6.67. The quantitative estimate of drug-likeness (QED) is 0.348. The van der Waals surface area contributed by atoms with Crippen molar-refractivity contribution in [2.24, 2.45) is 12.1 Å². The fourth-order valence-corrected chi connectivity index (χ4v) is 3.37. The van der Waals surface area contributed by atoms with E-state index in [4.69, 9.17) is 0 Å². The summed E-state index contributed by atoms with van der Waals surface area (Å²) in [7, 11) is 3.01. The van der Waals surface area contributed by atoms with Crippen LogP contribution in [0.1, 0.15) is 59.7 Å². The number of aryl methyl sites for hydroxylation is 1. The van der Waals surface area contributed by atoms with Gasteiger partial charge in [-0.15, -0.1) is 0 Å². The fraction of sp³-hybridized carbons (Fsp3) is 0.280. The van der Waals surface area contributed by atoms with Gasteiger partial charge in [0.1, 0.15) is 5.69 Å². The molecule has 1 amide bonds. The summed E-state index contributed by atoms with van der Waals surface area (Å²) in [6.45, 7) is 8.06. The molecule has 8 nitrogen and oxygen atoms in total. The number of aromatic hydroxyl groups is 1. The number of carbonyl (C=O) groups excluding carboxylic acids is 2. The number of benzene rings is 2. The van der Waals surface area contributed by atoms with Gasteiger partial charge in [-0.2, -0.15) is 10.2 Å². The van der Waals surface area contributed by atoms with Crippen LogP contribution in [0.25, 0.3) is 11.3 Å². The molecule has 0 radical (unpaired) electrons. The number of methoxy groups -OCH3 is 1. The zero-order chi connectivity index (χ0) is 24.3. The lowest BCUT2D eigenvalue weighted by atomic mass is 9.86. The minimum atomic E-state index is -0.536. The van der Waals surface area contributed by atoms with Crippen molar-refractivity contribution in [3.63, 3.8) is 0 Å². The Labute approximate surface area is 192 Å². The minimum absolute atomic E-state index is 0.0238. The Morgan fingerprint density at radius 2 is 1.73 bits per heavy atom. The summed E-state index contributed by atoms with van der Waals surface area (Å²) < 4.78 is 6.26. The molecule has 3 rings (SSSR count). The monoisotopic (exact) mass is 448 g/mol. The van der Waals surface area contributed by atoms with Crippen LogP contribution in [0.5, 0.6) is 5.75 Å². The van der Waals surface area contributed by atoms with Gasteiger partial charge in [-0.25, -0.2) is 10.2 Å². The highest BCUT2D eigenvalue weighted by atomic mass is 16.5. The molecular weight excluding hydrogens is 420 g/mol. The number of hydrazone groups is 1. The van der Waals surface area contributed by atoms with Crippen LogP contribution in [0.2, 0.25) is 0 Å². The molecule has 0 aliphatic carbocycles. The number of aromatic nitrogens is 2. The number of amides is 1. The third-order valence-corrected chi connectivity index (χ3v) is 5.26. The lowest BCUT2D eigenvalue weighted by Crippen LogP contribution is -2.20. The summed E-state index contributed by atoms with van der Waals surface area (Å²) >= 11 is 0. The Hall–Kier alpha value is -3.94. The summed E-state index contributed by atoms with van der Waals surface area (Å²) in [6.07, 6.45) is 0. The van der Waals surface area contributed by atoms with E-state index in [0.717, 1.165) is 5.56 Å². The molecule has 0 atom stereocenters. The van der Waals surface area contributed by atoms with Crippen molar-refractivity contribution in [2.45, 2.75) is 33.1 Å². The number of nitrogens with zero attached hydrogens (tertiary/aromatic N) is 3. The van der Waals surface area contributed by atoms with E-state index in [1.165, 1.54) is 18.7 Å².